The molecule has 45 heavy (non-hydrogen) atoms. The summed E-state index contributed by atoms with van der Waals surface area (Å²) in [4.78, 5) is 11.6. The molecule has 0 saturated carbocycles. The van der Waals surface area contributed by atoms with Crippen molar-refractivity contribution in [3.63, 3.8) is 0 Å². The number of rotatable bonds is 3. The Morgan fingerprint density at radius 1 is 0.511 bits per heavy atom. The van der Waals surface area contributed by atoms with Crippen molar-refractivity contribution in [3.05, 3.63) is 140 Å². The van der Waals surface area contributed by atoms with E-state index in [0.717, 1.165) is 65.6 Å². The first-order valence-corrected chi connectivity index (χ1v) is 15.8. The Morgan fingerprint density at radius 3 is 2.09 bits per heavy atom. The fourth-order valence-corrected chi connectivity index (χ4v) is 8.07. The van der Waals surface area contributed by atoms with Gasteiger partial charge in [-0.25, -0.2) is 9.97 Å². The smallest absolute Gasteiger partial charge is 0.161 e. The van der Waals surface area contributed by atoms with E-state index in [2.05, 4.69) is 126 Å². The highest BCUT2D eigenvalue weighted by Gasteiger charge is 2.21. The maximum absolute atomic E-state index is 6.25. The second-order valence-electron chi connectivity index (χ2n) is 11.4. The number of furan rings is 1. The lowest BCUT2D eigenvalue weighted by Crippen LogP contribution is -1.95. The zero-order chi connectivity index (χ0) is 29.5. The molecule has 4 aromatic heterocycles. The van der Waals surface area contributed by atoms with Crippen molar-refractivity contribution in [3.8, 4) is 28.3 Å². The third-order valence-corrected chi connectivity index (χ3v) is 9.95. The van der Waals surface area contributed by atoms with Gasteiger partial charge in [0.15, 0.2) is 5.82 Å². The lowest BCUT2D eigenvalue weighted by molar-refractivity contribution is 0.669. The van der Waals surface area contributed by atoms with Gasteiger partial charge in [-0.1, -0.05) is 97.1 Å². The van der Waals surface area contributed by atoms with Crippen LogP contribution in [0, 0.1) is 0 Å². The lowest BCUT2D eigenvalue weighted by atomic mass is 10.0. The van der Waals surface area contributed by atoms with E-state index in [1.165, 1.54) is 21.0 Å². The fourth-order valence-electron chi connectivity index (χ4n) is 6.84. The fraction of sp³-hybridized carbons (Fsp3) is 0. The van der Waals surface area contributed by atoms with Crippen LogP contribution >= 0.6 is 11.3 Å². The van der Waals surface area contributed by atoms with Crippen LogP contribution in [0.1, 0.15) is 0 Å². The van der Waals surface area contributed by atoms with Gasteiger partial charge in [0.05, 0.1) is 16.7 Å². The van der Waals surface area contributed by atoms with E-state index in [9.17, 15) is 0 Å². The Labute approximate surface area is 261 Å². The Kier molecular flexibility index (Phi) is 5.12. The van der Waals surface area contributed by atoms with Crippen molar-refractivity contribution in [2.75, 3.05) is 0 Å². The molecule has 10 rings (SSSR count). The van der Waals surface area contributed by atoms with Crippen molar-refractivity contribution in [2.45, 2.75) is 0 Å². The van der Waals surface area contributed by atoms with Gasteiger partial charge < -0.3 is 8.98 Å². The summed E-state index contributed by atoms with van der Waals surface area (Å²) < 4.78 is 9.76. The van der Waals surface area contributed by atoms with E-state index >= 15 is 0 Å². The molecule has 0 spiro atoms. The summed E-state index contributed by atoms with van der Waals surface area (Å²) in [5.41, 5.74) is 8.23. The van der Waals surface area contributed by atoms with Crippen LogP contribution in [0.15, 0.2) is 144 Å². The predicted octanol–water partition coefficient (Wildman–Crippen LogP) is 11.2. The third kappa shape index (κ3) is 3.59. The summed E-state index contributed by atoms with van der Waals surface area (Å²) in [6.45, 7) is 0. The molecular formula is C40H23N3OS. The minimum atomic E-state index is 0.716. The molecule has 0 atom stereocenters. The van der Waals surface area contributed by atoms with Crippen molar-refractivity contribution >= 4 is 75.4 Å². The molecule has 0 saturated heterocycles. The SMILES string of the molecule is c1ccc(-c2nc(-c3ccc4c5ccccc5n(-c5ccccc5)c4c3)nc3sc4c(ccc5oc6ccccc6c54)c23)cc1. The minimum absolute atomic E-state index is 0.716. The number of fused-ring (bicyclic) bond motifs is 10. The van der Waals surface area contributed by atoms with Crippen LogP contribution in [-0.4, -0.2) is 14.5 Å². The van der Waals surface area contributed by atoms with E-state index in [1.807, 2.05) is 18.2 Å². The highest BCUT2D eigenvalue weighted by Crippen LogP contribution is 2.45. The van der Waals surface area contributed by atoms with E-state index in [-0.39, 0.29) is 0 Å². The van der Waals surface area contributed by atoms with Crippen LogP contribution in [0.3, 0.4) is 0 Å². The standard InChI is InChI=1S/C40H23N3OS/c1-3-11-24(12-4-1)37-36-30-21-22-34-35(29-16-8-10-18-33(29)44-34)38(30)45-40(36)42-39(41-37)25-19-20-28-27-15-7-9-17-31(27)43(32(28)23-25)26-13-5-2-6-14-26/h1-23H. The Morgan fingerprint density at radius 2 is 1.22 bits per heavy atom. The van der Waals surface area contributed by atoms with Gasteiger partial charge in [0.1, 0.15) is 16.0 Å². The molecule has 5 heteroatoms. The normalized spacial score (nSPS) is 12.0. The summed E-state index contributed by atoms with van der Waals surface area (Å²) in [7, 11) is 0. The number of thiophene rings is 1. The monoisotopic (exact) mass is 593 g/mol. The van der Waals surface area contributed by atoms with E-state index in [4.69, 9.17) is 14.4 Å². The number of hydrogen-bond acceptors (Lipinski definition) is 4. The average Bonchev–Trinajstić information content (AvgIpc) is 3.77. The first-order chi connectivity index (χ1) is 22.3. The van der Waals surface area contributed by atoms with Crippen molar-refractivity contribution in [2.24, 2.45) is 0 Å². The Bertz CT molecular complexity index is 2760. The van der Waals surface area contributed by atoms with Gasteiger partial charge in [0.25, 0.3) is 0 Å². The van der Waals surface area contributed by atoms with Crippen LogP contribution in [-0.2, 0) is 0 Å². The number of benzene rings is 6. The van der Waals surface area contributed by atoms with Gasteiger partial charge in [-0.2, -0.15) is 0 Å². The predicted molar refractivity (Wildman–Crippen MR) is 187 cm³/mol. The second kappa shape index (κ2) is 9.36. The second-order valence-corrected chi connectivity index (χ2v) is 12.4. The summed E-state index contributed by atoms with van der Waals surface area (Å²) in [5, 5.41) is 6.93. The average molecular weight is 594 g/mol. The van der Waals surface area contributed by atoms with Crippen molar-refractivity contribution in [1.29, 1.82) is 0 Å². The zero-order valence-electron chi connectivity index (χ0n) is 23.9. The Balaban J connectivity index is 1.28. The van der Waals surface area contributed by atoms with Gasteiger partial charge in [-0.3, -0.25) is 0 Å². The maximum Gasteiger partial charge on any atom is 0.161 e. The highest BCUT2D eigenvalue weighted by molar-refractivity contribution is 7.26. The summed E-state index contributed by atoms with van der Waals surface area (Å²) in [5.74, 6) is 0.716. The zero-order valence-corrected chi connectivity index (χ0v) is 24.8. The lowest BCUT2D eigenvalue weighted by Gasteiger charge is -2.10. The Hall–Kier alpha value is -5.78. The molecule has 4 heterocycles. The van der Waals surface area contributed by atoms with E-state index in [1.54, 1.807) is 11.3 Å². The van der Waals surface area contributed by atoms with Crippen LogP contribution in [0.2, 0.25) is 0 Å². The largest absolute Gasteiger partial charge is 0.456 e. The number of para-hydroxylation sites is 3. The molecule has 10 aromatic rings. The number of aromatic nitrogens is 3. The molecule has 0 unspecified atom stereocenters. The highest BCUT2D eigenvalue weighted by atomic mass is 32.1. The molecule has 4 nitrogen and oxygen atoms in total. The van der Waals surface area contributed by atoms with E-state index in [0.29, 0.717) is 5.82 Å². The molecule has 0 aliphatic carbocycles. The van der Waals surface area contributed by atoms with Crippen LogP contribution < -0.4 is 0 Å². The molecule has 0 N–H and O–H groups in total. The molecule has 0 aliphatic heterocycles. The molecule has 6 aromatic carbocycles. The molecule has 210 valence electrons. The van der Waals surface area contributed by atoms with Crippen LogP contribution in [0.25, 0.3) is 92.4 Å². The van der Waals surface area contributed by atoms with Gasteiger partial charge in [0.2, 0.25) is 0 Å². The minimum Gasteiger partial charge on any atom is -0.456 e. The first-order valence-electron chi connectivity index (χ1n) is 15.0. The topological polar surface area (TPSA) is 43.9 Å². The molecule has 0 aliphatic rings. The van der Waals surface area contributed by atoms with Gasteiger partial charge in [-0.15, -0.1) is 11.3 Å². The van der Waals surface area contributed by atoms with Crippen LogP contribution in [0.4, 0.5) is 0 Å². The summed E-state index contributed by atoms with van der Waals surface area (Å²) in [6.07, 6.45) is 0. The summed E-state index contributed by atoms with van der Waals surface area (Å²) >= 11 is 1.72. The van der Waals surface area contributed by atoms with Crippen LogP contribution in [0.5, 0.6) is 0 Å². The van der Waals surface area contributed by atoms with Gasteiger partial charge in [0, 0.05) is 53.8 Å². The quantitative estimate of drug-likeness (QED) is 0.205. The number of hydrogen-bond donors (Lipinski definition) is 0. The molecule has 0 fully saturated rings. The first kappa shape index (κ1) is 24.6. The molecule has 0 radical (unpaired) electrons. The maximum atomic E-state index is 6.25. The van der Waals surface area contributed by atoms with Crippen molar-refractivity contribution < 1.29 is 4.42 Å². The summed E-state index contributed by atoms with van der Waals surface area (Å²) in [6, 6.07) is 48.8. The van der Waals surface area contributed by atoms with Crippen molar-refractivity contribution in [1.82, 2.24) is 14.5 Å². The number of nitrogens with zero attached hydrogens (tertiary/aromatic N) is 3. The van der Waals surface area contributed by atoms with Gasteiger partial charge in [-0.05, 0) is 42.5 Å². The third-order valence-electron chi connectivity index (χ3n) is 8.83. The molecule has 0 amide bonds. The molecular weight excluding hydrogens is 571 g/mol. The molecule has 0 bridgehead atoms. The van der Waals surface area contributed by atoms with E-state index < -0.39 is 0 Å². The van der Waals surface area contributed by atoms with Gasteiger partial charge >= 0.3 is 0 Å².